The minimum atomic E-state index is -2.02. The fourth-order valence-corrected chi connectivity index (χ4v) is 0. The normalized spacial score (nSPS) is 19.2. The average Bonchev–Trinajstić information content (AvgIpc) is 0.650. The molecule has 0 bridgehead atoms. The molecule has 0 amide bonds. The Morgan fingerprint density at radius 2 is 1.00 bits per heavy atom. The Hall–Kier alpha value is 0.848. The molecule has 0 spiro atoms. The second kappa shape index (κ2) is 1.17. The fourth-order valence-electron chi connectivity index (χ4n) is 0. The van der Waals surface area contributed by atoms with Crippen LogP contribution in [0.3, 0.4) is 0 Å². The van der Waals surface area contributed by atoms with Crippen LogP contribution in [0.25, 0.3) is 0 Å². The molecule has 2 heteroatoms. The molecular weight excluding hydrogens is 158 g/mol. The summed E-state index contributed by atoms with van der Waals surface area (Å²) in [4.78, 5) is 0. The Balaban J connectivity index is 3.73. The Kier molecular flexibility index (Phi) is 1.33. The van der Waals surface area contributed by atoms with Crippen LogP contribution in [0, 0.1) is 0 Å². The number of hydrogen-bond donors (Lipinski definition) is 0. The molecule has 6 heavy (non-hydrogen) atoms. The first kappa shape index (κ1) is 6.85. The van der Waals surface area contributed by atoms with E-state index < -0.39 is 11.5 Å². The molecule has 0 aromatic carbocycles. The summed E-state index contributed by atoms with van der Waals surface area (Å²) >= 11 is -2.02. The van der Waals surface area contributed by atoms with Gasteiger partial charge < -0.3 is 0 Å². The zero-order chi connectivity index (χ0) is 5.45. The quantitative estimate of drug-likeness (QED) is 0.491. The van der Waals surface area contributed by atoms with Crippen molar-refractivity contribution >= 4 is 21.5 Å². The predicted molar refractivity (Wildman–Crippen MR) is 35.1 cm³/mol. The second-order valence-electron chi connectivity index (χ2n) is 3.36. The van der Waals surface area contributed by atoms with E-state index in [9.17, 15) is 0 Å². The summed E-state index contributed by atoms with van der Waals surface area (Å²) < 4.78 is 0. The third kappa shape index (κ3) is 99.8. The molecule has 0 unspecified atom stereocenters. The predicted octanol–water partition coefficient (Wildman–Crippen LogP) is 2.64. The molecule has 0 aliphatic carbocycles. The van der Waals surface area contributed by atoms with Crippen molar-refractivity contribution in [1.82, 2.24) is 0 Å². The second-order valence-corrected chi connectivity index (χ2v) is 24.5. The van der Waals surface area contributed by atoms with Crippen molar-refractivity contribution in [2.75, 3.05) is 0 Å². The van der Waals surface area contributed by atoms with Crippen LogP contribution in [0.1, 0.15) is 0 Å². The molecule has 0 atom stereocenters. The summed E-state index contributed by atoms with van der Waals surface area (Å²) in [5.41, 5.74) is 8.61. The van der Waals surface area contributed by atoms with Crippen LogP contribution >= 0.6 is 9.95 Å². The standard InChI is InChI=1S/C4H12AsCl/c1-5(2,3,4)6/h1-4H3. The Bertz CT molecular complexity index is 40.7. The van der Waals surface area contributed by atoms with E-state index >= 15 is 0 Å². The van der Waals surface area contributed by atoms with E-state index in [0.29, 0.717) is 0 Å². The number of hydrogen-bond acceptors (Lipinski definition) is 0. The van der Waals surface area contributed by atoms with Gasteiger partial charge in [0.05, 0.1) is 0 Å². The average molecular weight is 171 g/mol. The first-order chi connectivity index (χ1) is 2.24. The van der Waals surface area contributed by atoms with Crippen molar-refractivity contribution in [3.05, 3.63) is 0 Å². The molecule has 0 saturated carbocycles. The molecular formula is C4H12AsCl. The van der Waals surface area contributed by atoms with Gasteiger partial charge in [-0.1, -0.05) is 0 Å². The molecule has 0 aliphatic rings. The van der Waals surface area contributed by atoms with Crippen molar-refractivity contribution in [2.24, 2.45) is 0 Å². The first-order valence-electron chi connectivity index (χ1n) is 1.96. The van der Waals surface area contributed by atoms with Gasteiger partial charge >= 0.3 is 44.3 Å². The molecule has 0 fully saturated rings. The van der Waals surface area contributed by atoms with Crippen LogP contribution < -0.4 is 0 Å². The molecule has 0 N–H and O–H groups in total. The summed E-state index contributed by atoms with van der Waals surface area (Å²) in [7, 11) is 5.96. The van der Waals surface area contributed by atoms with Gasteiger partial charge in [-0.05, 0) is 0 Å². The Morgan fingerprint density at radius 3 is 1.00 bits per heavy atom. The molecule has 0 aromatic heterocycles. The van der Waals surface area contributed by atoms with Gasteiger partial charge in [-0.15, -0.1) is 0 Å². The summed E-state index contributed by atoms with van der Waals surface area (Å²) in [5, 5.41) is 0. The first-order valence-corrected chi connectivity index (χ1v) is 11.9. The molecule has 40 valence electrons. The molecule has 0 aliphatic heterocycles. The van der Waals surface area contributed by atoms with Crippen LogP contribution in [0.2, 0.25) is 22.8 Å². The zero-order valence-corrected chi connectivity index (χ0v) is 7.46. The summed E-state index contributed by atoms with van der Waals surface area (Å²) in [5.74, 6) is 0. The monoisotopic (exact) mass is 170 g/mol. The minimum absolute atomic E-state index is 2.02. The van der Waals surface area contributed by atoms with Crippen LogP contribution in [0.5, 0.6) is 0 Å². The Labute approximate surface area is 44.7 Å². The van der Waals surface area contributed by atoms with Gasteiger partial charge in [-0.3, -0.25) is 0 Å². The number of halogens is 1. The molecule has 0 rings (SSSR count). The van der Waals surface area contributed by atoms with Gasteiger partial charge in [0.1, 0.15) is 0 Å². The molecule has 0 saturated heterocycles. The fraction of sp³-hybridized carbons (Fsp3) is 1.00. The van der Waals surface area contributed by atoms with Gasteiger partial charge in [0.15, 0.2) is 0 Å². The summed E-state index contributed by atoms with van der Waals surface area (Å²) in [6, 6.07) is 0. The molecule has 0 radical (unpaired) electrons. The van der Waals surface area contributed by atoms with E-state index in [2.05, 4.69) is 22.8 Å². The maximum absolute atomic E-state index is 5.96. The van der Waals surface area contributed by atoms with Crippen molar-refractivity contribution in [2.45, 2.75) is 22.8 Å². The topological polar surface area (TPSA) is 0 Å². The van der Waals surface area contributed by atoms with Gasteiger partial charge in [0.25, 0.3) is 0 Å². The van der Waals surface area contributed by atoms with E-state index in [1.807, 2.05) is 0 Å². The van der Waals surface area contributed by atoms with E-state index in [1.165, 1.54) is 0 Å². The molecule has 0 heterocycles. The third-order valence-corrected chi connectivity index (χ3v) is 0. The van der Waals surface area contributed by atoms with Gasteiger partial charge in [-0.2, -0.15) is 0 Å². The van der Waals surface area contributed by atoms with E-state index in [-0.39, 0.29) is 0 Å². The van der Waals surface area contributed by atoms with Crippen LogP contribution in [-0.2, 0) is 0 Å². The zero-order valence-electron chi connectivity index (χ0n) is 4.83. The maximum atomic E-state index is 5.96. The molecule has 0 aromatic rings. The number of rotatable bonds is 0. The van der Waals surface area contributed by atoms with Gasteiger partial charge in [0, 0.05) is 0 Å². The van der Waals surface area contributed by atoms with Crippen LogP contribution in [0.4, 0.5) is 0 Å². The molecule has 0 nitrogen and oxygen atoms in total. The van der Waals surface area contributed by atoms with Crippen molar-refractivity contribution in [3.8, 4) is 0 Å². The van der Waals surface area contributed by atoms with E-state index in [4.69, 9.17) is 9.95 Å². The third-order valence-electron chi connectivity index (χ3n) is 0. The summed E-state index contributed by atoms with van der Waals surface area (Å²) in [6.45, 7) is 0. The van der Waals surface area contributed by atoms with Crippen LogP contribution in [0.15, 0.2) is 0 Å². The summed E-state index contributed by atoms with van der Waals surface area (Å²) in [6.07, 6.45) is 0. The van der Waals surface area contributed by atoms with Crippen molar-refractivity contribution < 1.29 is 0 Å². The van der Waals surface area contributed by atoms with Gasteiger partial charge in [0.2, 0.25) is 0 Å². The van der Waals surface area contributed by atoms with Crippen molar-refractivity contribution in [1.29, 1.82) is 0 Å². The van der Waals surface area contributed by atoms with E-state index in [0.717, 1.165) is 0 Å². The van der Waals surface area contributed by atoms with Gasteiger partial charge in [-0.25, -0.2) is 0 Å². The SMILES string of the molecule is C[As](C)(C)(C)Cl. The van der Waals surface area contributed by atoms with Crippen molar-refractivity contribution in [3.63, 3.8) is 0 Å². The Morgan fingerprint density at radius 1 is 1.00 bits per heavy atom. The van der Waals surface area contributed by atoms with Crippen LogP contribution in [-0.4, -0.2) is 11.5 Å². The van der Waals surface area contributed by atoms with E-state index in [1.54, 1.807) is 0 Å².